The number of rotatable bonds is 6. The van der Waals surface area contributed by atoms with Crippen molar-refractivity contribution < 1.29 is 65.9 Å². The van der Waals surface area contributed by atoms with E-state index in [9.17, 15) is 65.9 Å². The van der Waals surface area contributed by atoms with Gasteiger partial charge in [0.2, 0.25) is 17.5 Å². The lowest BCUT2D eigenvalue weighted by atomic mass is 10.1. The van der Waals surface area contributed by atoms with Crippen molar-refractivity contribution >= 4 is 0 Å². The van der Waals surface area contributed by atoms with Crippen molar-refractivity contribution in [2.24, 2.45) is 0 Å². The van der Waals surface area contributed by atoms with Crippen LogP contribution in [0.2, 0.25) is 0 Å². The maximum absolute atomic E-state index is 14.4. The molecular weight excluding hydrogens is 651 g/mol. The first-order valence-electron chi connectivity index (χ1n) is 12.7. The Morgan fingerprint density at radius 2 is 0.378 bits per heavy atom. The summed E-state index contributed by atoms with van der Waals surface area (Å²) in [5, 5.41) is 0. The van der Waals surface area contributed by atoms with E-state index in [-0.39, 0.29) is 0 Å². The molecule has 1 fully saturated rings. The lowest BCUT2D eigenvalue weighted by Crippen LogP contribution is -2.36. The Kier molecular flexibility index (Phi) is 10.3. The van der Waals surface area contributed by atoms with Crippen molar-refractivity contribution in [3.63, 3.8) is 0 Å². The molecule has 0 bridgehead atoms. The summed E-state index contributed by atoms with van der Waals surface area (Å²) in [6.45, 7) is -5.39. The number of hydrogen-bond acceptors (Lipinski definition) is 3. The summed E-state index contributed by atoms with van der Waals surface area (Å²) in [5.74, 6) is -34.1. The molecule has 0 unspecified atom stereocenters. The molecule has 0 aromatic heterocycles. The Bertz CT molecular complexity index is 1340. The van der Waals surface area contributed by atoms with Crippen LogP contribution in [0.25, 0.3) is 0 Å². The zero-order valence-corrected chi connectivity index (χ0v) is 22.4. The third-order valence-corrected chi connectivity index (χ3v) is 7.24. The van der Waals surface area contributed by atoms with Crippen LogP contribution in [0.4, 0.5) is 65.9 Å². The molecule has 45 heavy (non-hydrogen) atoms. The van der Waals surface area contributed by atoms with E-state index in [0.717, 1.165) is 14.7 Å². The monoisotopic (exact) mass is 669 g/mol. The highest BCUT2D eigenvalue weighted by Gasteiger charge is 2.31. The molecule has 1 aliphatic heterocycles. The number of benzene rings is 3. The van der Waals surface area contributed by atoms with Gasteiger partial charge in [0.05, 0.1) is 0 Å². The molecule has 1 heterocycles. The summed E-state index contributed by atoms with van der Waals surface area (Å²) < 4.78 is 210. The van der Waals surface area contributed by atoms with Gasteiger partial charge in [-0.05, 0) is 0 Å². The number of nitrogens with zero attached hydrogens (tertiary/aromatic N) is 3. The van der Waals surface area contributed by atoms with Gasteiger partial charge in [0.15, 0.2) is 69.8 Å². The summed E-state index contributed by atoms with van der Waals surface area (Å²) in [6, 6.07) is 0. The van der Waals surface area contributed by atoms with Gasteiger partial charge in [0.25, 0.3) is 0 Å². The van der Waals surface area contributed by atoms with Gasteiger partial charge in [0.1, 0.15) is 0 Å². The maximum atomic E-state index is 14.4. The number of halogens is 15. The summed E-state index contributed by atoms with van der Waals surface area (Å²) in [5.41, 5.74) is -3.91. The first-order valence-corrected chi connectivity index (χ1v) is 12.7. The van der Waals surface area contributed by atoms with Crippen LogP contribution in [0.5, 0.6) is 0 Å². The fourth-order valence-corrected chi connectivity index (χ4v) is 4.70. The van der Waals surface area contributed by atoms with E-state index < -0.39 is 163 Å². The molecular formula is C27H18F15N3. The van der Waals surface area contributed by atoms with Crippen LogP contribution in [0.3, 0.4) is 0 Å². The molecule has 1 saturated heterocycles. The van der Waals surface area contributed by atoms with Crippen LogP contribution in [0.15, 0.2) is 0 Å². The van der Waals surface area contributed by atoms with Gasteiger partial charge < -0.3 is 0 Å². The van der Waals surface area contributed by atoms with Crippen molar-refractivity contribution in [2.45, 2.75) is 19.6 Å². The van der Waals surface area contributed by atoms with Crippen molar-refractivity contribution in [2.75, 3.05) is 39.3 Å². The molecule has 18 heteroatoms. The Morgan fingerprint density at radius 3 is 0.533 bits per heavy atom. The molecule has 3 aromatic carbocycles. The maximum Gasteiger partial charge on any atom is 0.200 e. The third-order valence-electron chi connectivity index (χ3n) is 7.24. The lowest BCUT2D eigenvalue weighted by molar-refractivity contribution is 0.200. The Labute approximate surface area is 244 Å². The smallest absolute Gasteiger partial charge is 0.200 e. The minimum absolute atomic E-state index is 0.398. The summed E-state index contributed by atoms with van der Waals surface area (Å²) in [7, 11) is 0. The lowest BCUT2D eigenvalue weighted by Gasteiger charge is -2.26. The molecule has 0 saturated carbocycles. The first kappa shape index (κ1) is 34.4. The van der Waals surface area contributed by atoms with E-state index in [1.54, 1.807) is 0 Å². The van der Waals surface area contributed by atoms with Gasteiger partial charge in [-0.25, -0.2) is 65.9 Å². The van der Waals surface area contributed by atoms with E-state index in [2.05, 4.69) is 0 Å². The second-order valence-corrected chi connectivity index (χ2v) is 9.97. The average molecular weight is 669 g/mol. The van der Waals surface area contributed by atoms with Crippen molar-refractivity contribution in [1.82, 2.24) is 14.7 Å². The van der Waals surface area contributed by atoms with Crippen LogP contribution in [0.1, 0.15) is 16.7 Å². The molecule has 0 amide bonds. The van der Waals surface area contributed by atoms with Gasteiger partial charge in [-0.15, -0.1) is 0 Å². The molecule has 4 rings (SSSR count). The van der Waals surface area contributed by atoms with Gasteiger partial charge in [-0.2, -0.15) is 0 Å². The second-order valence-electron chi connectivity index (χ2n) is 9.97. The fraction of sp³-hybridized carbons (Fsp3) is 0.333. The van der Waals surface area contributed by atoms with Crippen LogP contribution < -0.4 is 0 Å². The molecule has 0 radical (unpaired) electrons. The molecule has 0 N–H and O–H groups in total. The normalized spacial score (nSPS) is 15.8. The van der Waals surface area contributed by atoms with E-state index in [4.69, 9.17) is 0 Å². The largest absolute Gasteiger partial charge is 0.296 e. The molecule has 1 aliphatic rings. The SMILES string of the molecule is Fc1c(F)c(F)c(CN2CCN(Cc3c(F)c(F)c(F)c(F)c3F)CCN(Cc3c(F)c(F)c(F)c(F)c3F)CC2)c(F)c1F. The van der Waals surface area contributed by atoms with E-state index in [1.165, 1.54) is 0 Å². The van der Waals surface area contributed by atoms with E-state index >= 15 is 0 Å². The minimum atomic E-state index is -2.44. The topological polar surface area (TPSA) is 9.72 Å². The fourth-order valence-electron chi connectivity index (χ4n) is 4.70. The zero-order chi connectivity index (χ0) is 33.5. The van der Waals surface area contributed by atoms with E-state index in [0.29, 0.717) is 0 Å². The van der Waals surface area contributed by atoms with Crippen LogP contribution >= 0.6 is 0 Å². The molecule has 246 valence electrons. The van der Waals surface area contributed by atoms with Crippen molar-refractivity contribution in [3.8, 4) is 0 Å². The predicted octanol–water partition coefficient (Wildman–Crippen LogP) is 6.59. The van der Waals surface area contributed by atoms with Gasteiger partial charge in [-0.3, -0.25) is 14.7 Å². The summed E-state index contributed by atoms with van der Waals surface area (Å²) in [6.07, 6.45) is 0. The van der Waals surface area contributed by atoms with Gasteiger partial charge >= 0.3 is 0 Å². The van der Waals surface area contributed by atoms with Crippen molar-refractivity contribution in [1.29, 1.82) is 0 Å². The highest BCUT2D eigenvalue weighted by atomic mass is 19.2. The zero-order valence-electron chi connectivity index (χ0n) is 22.4. The van der Waals surface area contributed by atoms with Crippen molar-refractivity contribution in [3.05, 3.63) is 104 Å². The molecule has 3 nitrogen and oxygen atoms in total. The van der Waals surface area contributed by atoms with Crippen LogP contribution in [-0.2, 0) is 19.6 Å². The van der Waals surface area contributed by atoms with Crippen LogP contribution in [-0.4, -0.2) is 54.0 Å². The third kappa shape index (κ3) is 6.58. The Balaban J connectivity index is 1.70. The number of hydrogen-bond donors (Lipinski definition) is 0. The van der Waals surface area contributed by atoms with Crippen LogP contribution in [0, 0.1) is 87.3 Å². The summed E-state index contributed by atoms with van der Waals surface area (Å²) in [4.78, 5) is 3.09. The molecule has 0 atom stereocenters. The Morgan fingerprint density at radius 1 is 0.244 bits per heavy atom. The summed E-state index contributed by atoms with van der Waals surface area (Å²) >= 11 is 0. The highest BCUT2D eigenvalue weighted by Crippen LogP contribution is 2.28. The van der Waals surface area contributed by atoms with Gasteiger partial charge in [-0.1, -0.05) is 0 Å². The van der Waals surface area contributed by atoms with Gasteiger partial charge in [0, 0.05) is 75.6 Å². The predicted molar refractivity (Wildman–Crippen MR) is 125 cm³/mol. The second kappa shape index (κ2) is 13.5. The quantitative estimate of drug-likeness (QED) is 0.167. The molecule has 0 spiro atoms. The minimum Gasteiger partial charge on any atom is -0.296 e. The standard InChI is InChI=1S/C27H18F15N3/c28-13-10(14(29)20(35)25(40)19(13)34)7-43-1-2-44(8-11-15(30)21(36)26(41)22(37)16(11)31)5-6-45(4-3-43)9-12-17(32)23(38)27(42)24(39)18(12)33/h1-9H2. The average Bonchev–Trinajstić information content (AvgIpc) is 3.12. The first-order chi connectivity index (χ1) is 21.1. The molecule has 0 aliphatic carbocycles. The highest BCUT2D eigenvalue weighted by molar-refractivity contribution is 5.26. The molecule has 3 aromatic rings. The Hall–Kier alpha value is -3.51. The van der Waals surface area contributed by atoms with E-state index in [1.807, 2.05) is 0 Å².